The lowest BCUT2D eigenvalue weighted by Crippen LogP contribution is -1.93. The highest BCUT2D eigenvalue weighted by Gasteiger charge is 2.14. The number of rotatable bonds is 3. The fraction of sp³-hybridized carbons (Fsp3) is 0.0800. The van der Waals surface area contributed by atoms with Crippen molar-refractivity contribution in [2.45, 2.75) is 27.7 Å². The summed E-state index contributed by atoms with van der Waals surface area (Å²) in [6.07, 6.45) is 0. The second-order valence-electron chi connectivity index (χ2n) is 14.2. The number of aromatic nitrogens is 2. The van der Waals surface area contributed by atoms with Crippen LogP contribution in [-0.2, 0) is 0 Å². The molecule has 0 aliphatic carbocycles. The van der Waals surface area contributed by atoms with Gasteiger partial charge in [-0.15, -0.1) is 0 Å². The predicted molar refractivity (Wildman–Crippen MR) is 223 cm³/mol. The van der Waals surface area contributed by atoms with Crippen molar-refractivity contribution in [1.82, 2.24) is 9.13 Å². The Balaban J connectivity index is 0.000000139. The normalized spacial score (nSPS) is 11.5. The van der Waals surface area contributed by atoms with E-state index in [1.807, 2.05) is 0 Å². The SMILES string of the molecule is Cc1ccc2c(c1)c1cc(C)ccc1n2-c1ccc(-c2ccccc2)cc1.Cc1ccc2c(c1)c1cc(C)ccc1n2-c1ccc2ccccc2c1. The third-order valence-corrected chi connectivity index (χ3v) is 10.4. The van der Waals surface area contributed by atoms with Crippen molar-refractivity contribution >= 4 is 54.4 Å². The topological polar surface area (TPSA) is 9.86 Å². The van der Waals surface area contributed by atoms with Crippen molar-refractivity contribution < 1.29 is 0 Å². The number of fused-ring (bicyclic) bond motifs is 7. The largest absolute Gasteiger partial charge is 0.309 e. The minimum atomic E-state index is 1.20. The average molecular weight is 669 g/mol. The van der Waals surface area contributed by atoms with E-state index in [1.165, 1.54) is 99.1 Å². The second-order valence-corrected chi connectivity index (χ2v) is 14.2. The van der Waals surface area contributed by atoms with E-state index >= 15 is 0 Å². The van der Waals surface area contributed by atoms with E-state index in [9.17, 15) is 0 Å². The van der Waals surface area contributed by atoms with Crippen LogP contribution in [0.1, 0.15) is 22.3 Å². The molecule has 250 valence electrons. The van der Waals surface area contributed by atoms with Crippen molar-refractivity contribution in [2.24, 2.45) is 0 Å². The van der Waals surface area contributed by atoms with Gasteiger partial charge in [0.25, 0.3) is 0 Å². The summed E-state index contributed by atoms with van der Waals surface area (Å²) in [6.45, 7) is 8.64. The van der Waals surface area contributed by atoms with Crippen LogP contribution in [0.2, 0.25) is 0 Å². The molecular formula is C50H40N2. The molecule has 8 aromatic carbocycles. The van der Waals surface area contributed by atoms with Gasteiger partial charge in [-0.05, 0) is 122 Å². The first-order valence-electron chi connectivity index (χ1n) is 18.1. The van der Waals surface area contributed by atoms with E-state index in [4.69, 9.17) is 0 Å². The molecule has 0 unspecified atom stereocenters. The quantitative estimate of drug-likeness (QED) is 0.177. The molecule has 2 nitrogen and oxygen atoms in total. The third-order valence-electron chi connectivity index (χ3n) is 10.4. The summed E-state index contributed by atoms with van der Waals surface area (Å²) in [6, 6.07) is 61.6. The van der Waals surface area contributed by atoms with Gasteiger partial charge in [-0.25, -0.2) is 0 Å². The van der Waals surface area contributed by atoms with E-state index in [-0.39, 0.29) is 0 Å². The highest BCUT2D eigenvalue weighted by atomic mass is 15.0. The molecule has 0 amide bonds. The monoisotopic (exact) mass is 668 g/mol. The van der Waals surface area contributed by atoms with Crippen LogP contribution < -0.4 is 0 Å². The average Bonchev–Trinajstić information content (AvgIpc) is 3.66. The van der Waals surface area contributed by atoms with Crippen LogP contribution in [0, 0.1) is 27.7 Å². The molecule has 0 spiro atoms. The molecule has 0 radical (unpaired) electrons. The molecule has 52 heavy (non-hydrogen) atoms. The Kier molecular flexibility index (Phi) is 7.74. The molecule has 10 rings (SSSR count). The summed E-state index contributed by atoms with van der Waals surface area (Å²) < 4.78 is 4.76. The van der Waals surface area contributed by atoms with Gasteiger partial charge in [-0.1, -0.05) is 119 Å². The van der Waals surface area contributed by atoms with Crippen LogP contribution in [0.25, 0.3) is 76.9 Å². The van der Waals surface area contributed by atoms with Crippen molar-refractivity contribution in [3.05, 3.63) is 192 Å². The van der Waals surface area contributed by atoms with Crippen LogP contribution in [-0.4, -0.2) is 9.13 Å². The fourth-order valence-corrected chi connectivity index (χ4v) is 7.81. The molecule has 0 aliphatic rings. The molecule has 2 heteroatoms. The first kappa shape index (κ1) is 31.6. The minimum absolute atomic E-state index is 1.20. The van der Waals surface area contributed by atoms with Gasteiger partial charge < -0.3 is 9.13 Å². The molecule has 2 heterocycles. The van der Waals surface area contributed by atoms with Gasteiger partial charge in [-0.2, -0.15) is 0 Å². The first-order chi connectivity index (χ1) is 25.4. The van der Waals surface area contributed by atoms with Crippen LogP contribution >= 0.6 is 0 Å². The summed E-state index contributed by atoms with van der Waals surface area (Å²) in [7, 11) is 0. The van der Waals surface area contributed by atoms with Gasteiger partial charge in [0.2, 0.25) is 0 Å². The molecule has 0 saturated heterocycles. The van der Waals surface area contributed by atoms with Crippen LogP contribution in [0.3, 0.4) is 0 Å². The lowest BCUT2D eigenvalue weighted by Gasteiger charge is -2.09. The Morgan fingerprint density at radius 2 is 0.673 bits per heavy atom. The summed E-state index contributed by atoms with van der Waals surface area (Å²) in [5.41, 5.74) is 15.1. The van der Waals surface area contributed by atoms with Gasteiger partial charge in [0, 0.05) is 32.9 Å². The fourth-order valence-electron chi connectivity index (χ4n) is 7.81. The van der Waals surface area contributed by atoms with E-state index in [0.29, 0.717) is 0 Å². The van der Waals surface area contributed by atoms with Gasteiger partial charge >= 0.3 is 0 Å². The van der Waals surface area contributed by atoms with Crippen LogP contribution in [0.15, 0.2) is 170 Å². The third kappa shape index (κ3) is 5.54. The molecule has 0 saturated carbocycles. The zero-order valence-electron chi connectivity index (χ0n) is 30.1. The first-order valence-corrected chi connectivity index (χ1v) is 18.1. The molecule has 0 fully saturated rings. The highest BCUT2D eigenvalue weighted by molar-refractivity contribution is 6.11. The Morgan fingerprint density at radius 3 is 1.15 bits per heavy atom. The Labute approximate surface area is 304 Å². The summed E-state index contributed by atoms with van der Waals surface area (Å²) in [5.74, 6) is 0. The number of hydrogen-bond donors (Lipinski definition) is 0. The smallest absolute Gasteiger partial charge is 0.0541 e. The van der Waals surface area contributed by atoms with Crippen molar-refractivity contribution in [3.63, 3.8) is 0 Å². The number of benzene rings is 8. The van der Waals surface area contributed by atoms with Gasteiger partial charge in [0.15, 0.2) is 0 Å². The summed E-state index contributed by atoms with van der Waals surface area (Å²) in [5, 5.41) is 7.84. The maximum Gasteiger partial charge on any atom is 0.0541 e. The van der Waals surface area contributed by atoms with E-state index < -0.39 is 0 Å². The number of aryl methyl sites for hydroxylation is 4. The molecule has 0 atom stereocenters. The maximum atomic E-state index is 2.38. The Bertz CT molecular complexity index is 2800. The van der Waals surface area contributed by atoms with E-state index in [0.717, 1.165) is 0 Å². The van der Waals surface area contributed by atoms with Crippen molar-refractivity contribution in [2.75, 3.05) is 0 Å². The van der Waals surface area contributed by atoms with E-state index in [1.54, 1.807) is 0 Å². The standard InChI is InChI=1S/C26H21N.C24H19N/c1-18-8-14-25-23(16-18)24-17-19(2)9-15-26(24)27(25)22-12-10-21(11-13-22)20-6-4-3-5-7-20;1-16-7-11-23-21(13-16)22-14-17(2)8-12-24(22)25(23)20-10-9-18-5-3-4-6-19(18)15-20/h3-17H,1-2H3;3-15H,1-2H3. The molecule has 2 aromatic heterocycles. The zero-order chi connectivity index (χ0) is 35.3. The van der Waals surface area contributed by atoms with Crippen LogP contribution in [0.4, 0.5) is 0 Å². The zero-order valence-corrected chi connectivity index (χ0v) is 30.1. The Morgan fingerprint density at radius 1 is 0.288 bits per heavy atom. The number of nitrogens with zero attached hydrogens (tertiary/aromatic N) is 2. The maximum absolute atomic E-state index is 2.38. The lowest BCUT2D eigenvalue weighted by atomic mass is 10.1. The van der Waals surface area contributed by atoms with Crippen LogP contribution in [0.5, 0.6) is 0 Å². The van der Waals surface area contributed by atoms with E-state index in [2.05, 4.69) is 207 Å². The molecule has 10 aromatic rings. The van der Waals surface area contributed by atoms with Crippen molar-refractivity contribution in [1.29, 1.82) is 0 Å². The lowest BCUT2D eigenvalue weighted by molar-refractivity contribution is 1.18. The highest BCUT2D eigenvalue weighted by Crippen LogP contribution is 2.35. The van der Waals surface area contributed by atoms with Gasteiger partial charge in [-0.3, -0.25) is 0 Å². The molecule has 0 aliphatic heterocycles. The second kappa shape index (κ2) is 12.7. The summed E-state index contributed by atoms with van der Waals surface area (Å²) >= 11 is 0. The molecule has 0 bridgehead atoms. The molecular weight excluding hydrogens is 629 g/mol. The Hall–Kier alpha value is -6.38. The summed E-state index contributed by atoms with van der Waals surface area (Å²) in [4.78, 5) is 0. The minimum Gasteiger partial charge on any atom is -0.309 e. The van der Waals surface area contributed by atoms with Crippen molar-refractivity contribution in [3.8, 4) is 22.5 Å². The van der Waals surface area contributed by atoms with Gasteiger partial charge in [0.05, 0.1) is 22.1 Å². The molecule has 0 N–H and O–H groups in total. The predicted octanol–water partition coefficient (Wildman–Crippen LogP) is 13.6. The number of hydrogen-bond acceptors (Lipinski definition) is 0. The van der Waals surface area contributed by atoms with Gasteiger partial charge in [0.1, 0.15) is 0 Å².